The van der Waals surface area contributed by atoms with Gasteiger partial charge >= 0.3 is 51.4 Å². The molecule has 1 aromatic rings. The third-order valence-electron chi connectivity index (χ3n) is 0.827. The molecule has 0 N–H and O–H groups in total. The van der Waals surface area contributed by atoms with Gasteiger partial charge in [0.2, 0.25) is 0 Å². The molecule has 66 valence electrons. The van der Waals surface area contributed by atoms with Crippen molar-refractivity contribution >= 4 is 42.6 Å². The van der Waals surface area contributed by atoms with Crippen LogP contribution in [0.25, 0.3) is 0 Å². The van der Waals surface area contributed by atoms with Crippen molar-refractivity contribution in [2.45, 2.75) is 6.80 Å². The molecule has 0 saturated carbocycles. The molecular formula is C7H6BCl3FK. The molecule has 13 heavy (non-hydrogen) atoms. The summed E-state index contributed by atoms with van der Waals surface area (Å²) in [5, 5.41) is 1.69. The monoisotopic (exact) mass is 266 g/mol. The largest absolute Gasteiger partial charge is 1.00 e. The molecule has 0 unspecified atom stereocenters. The Morgan fingerprint density at radius 1 is 1.08 bits per heavy atom. The fraction of sp³-hybridized carbons (Fsp3) is 0.143. The molecule has 2 radical (unpaired) electrons. The van der Waals surface area contributed by atoms with Gasteiger partial charge in [0.25, 0.3) is 0 Å². The van der Waals surface area contributed by atoms with Crippen LogP contribution in [-0.4, -0.2) is 7.85 Å². The van der Waals surface area contributed by atoms with Crippen molar-refractivity contribution < 1.29 is 57.5 Å². The molecule has 6 heteroatoms. The maximum absolute atomic E-state index is 5.99. The van der Waals surface area contributed by atoms with E-state index in [4.69, 9.17) is 36.2 Å². The normalized spacial score (nSPS) is 8.08. The number of benzene rings is 1. The molecular weight excluding hydrogens is 259 g/mol. The second-order valence-corrected chi connectivity index (χ2v) is 2.90. The number of hydrogen-bond donors (Lipinski definition) is 0. The van der Waals surface area contributed by atoms with Gasteiger partial charge in [-0.05, 0) is 18.2 Å². The van der Waals surface area contributed by atoms with Crippen molar-refractivity contribution in [2.24, 2.45) is 0 Å². The van der Waals surface area contributed by atoms with E-state index in [1.54, 1.807) is 18.2 Å². The molecule has 1 rings (SSSR count). The number of rotatable bonds is 0. The Kier molecular flexibility index (Phi) is 15.5. The van der Waals surface area contributed by atoms with E-state index in [9.17, 15) is 0 Å². The minimum absolute atomic E-state index is 0. The van der Waals surface area contributed by atoms with Crippen LogP contribution in [0.4, 0.5) is 0 Å². The average Bonchev–Trinajstić information content (AvgIpc) is 1.84. The average molecular weight is 267 g/mol. The molecule has 0 fully saturated rings. The van der Waals surface area contributed by atoms with Crippen LogP contribution in [0.1, 0.15) is 1.37 Å². The van der Waals surface area contributed by atoms with Gasteiger partial charge in [0.15, 0.2) is 0 Å². The van der Waals surface area contributed by atoms with Crippen molar-refractivity contribution in [3.63, 3.8) is 0 Å². The molecule has 0 bridgehead atoms. The smallest absolute Gasteiger partial charge is 1.00 e. The van der Waals surface area contributed by atoms with Crippen LogP contribution in [0.5, 0.6) is 0 Å². The minimum Gasteiger partial charge on any atom is -1.00 e. The van der Waals surface area contributed by atoms with Crippen LogP contribution in [0.3, 0.4) is 0 Å². The van der Waals surface area contributed by atoms with Gasteiger partial charge in [-0.15, -0.1) is 0 Å². The quantitative estimate of drug-likeness (QED) is 0.471. The summed E-state index contributed by atoms with van der Waals surface area (Å²) in [5.74, 6) is 0. The Labute approximate surface area is 138 Å². The Bertz CT molecular complexity index is 202. The van der Waals surface area contributed by atoms with Crippen molar-refractivity contribution in [1.82, 2.24) is 0 Å². The summed E-state index contributed by atoms with van der Waals surface area (Å²) in [6, 6.07) is 4.90. The van der Waals surface area contributed by atoms with Gasteiger partial charge in [-0.2, -0.15) is 0 Å². The van der Waals surface area contributed by atoms with E-state index in [0.29, 0.717) is 15.1 Å². The summed E-state index contributed by atoms with van der Waals surface area (Å²) in [4.78, 5) is 0. The zero-order valence-corrected chi connectivity index (χ0v) is 12.4. The Balaban J connectivity index is -0.000000218. The van der Waals surface area contributed by atoms with Gasteiger partial charge in [0.05, 0.1) is 7.85 Å². The molecule has 0 aromatic heterocycles. The third-order valence-corrected chi connectivity index (χ3v) is 1.48. The molecule has 0 nitrogen and oxygen atoms in total. The summed E-state index contributed by atoms with van der Waals surface area (Å²) in [5.41, 5.74) is 0. The molecule has 0 saturated heterocycles. The van der Waals surface area contributed by atoms with Gasteiger partial charge in [-0.3, -0.25) is 0 Å². The van der Waals surface area contributed by atoms with Gasteiger partial charge in [-0.1, -0.05) is 41.6 Å². The third kappa shape index (κ3) is 10.0. The first-order chi connectivity index (χ1) is 5.60. The first kappa shape index (κ1) is 17.1. The maximum atomic E-state index is 5.99. The molecule has 0 atom stereocenters. The standard InChI is InChI=1S/C6H3Cl3.CH3B.FH.K/c7-4-1-5(8)3-6(9)2-4;1-2;;/h1-3H;1H3;1H;/q;;;+1/p-1/i;1T;;. The zero-order valence-electron chi connectivity index (χ0n) is 8.03. The molecule has 0 aliphatic rings. The Hall–Kier alpha value is 1.72. The summed E-state index contributed by atoms with van der Waals surface area (Å²) in [6.07, 6.45) is 0. The summed E-state index contributed by atoms with van der Waals surface area (Å²) < 4.78 is 5.99. The van der Waals surface area contributed by atoms with Gasteiger partial charge in [0, 0.05) is 16.4 Å². The molecule has 0 aliphatic carbocycles. The number of halogens is 4. The molecule has 0 heterocycles. The fourth-order valence-electron chi connectivity index (χ4n) is 0.520. The van der Waals surface area contributed by atoms with Gasteiger partial charge in [-0.25, -0.2) is 0 Å². The van der Waals surface area contributed by atoms with E-state index in [1.165, 1.54) is 0 Å². The van der Waals surface area contributed by atoms with E-state index in [2.05, 4.69) is 7.85 Å². The SMILES string of the molecule is Clc1cc(Cl)cc(Cl)c1.[3H]C[B].[F-].[K+]. The predicted molar refractivity (Wildman–Crippen MR) is 53.1 cm³/mol. The first-order valence-corrected chi connectivity index (χ1v) is 3.84. The van der Waals surface area contributed by atoms with Crippen LogP contribution in [0.2, 0.25) is 21.9 Å². The van der Waals surface area contributed by atoms with Gasteiger partial charge < -0.3 is 4.70 Å². The zero-order chi connectivity index (χ0) is 9.56. The second-order valence-electron chi connectivity index (χ2n) is 1.59. The van der Waals surface area contributed by atoms with E-state index >= 15 is 0 Å². The van der Waals surface area contributed by atoms with Crippen LogP contribution in [-0.2, 0) is 0 Å². The Morgan fingerprint density at radius 3 is 1.38 bits per heavy atom. The summed E-state index contributed by atoms with van der Waals surface area (Å²) >= 11 is 16.7. The van der Waals surface area contributed by atoms with Crippen molar-refractivity contribution in [2.75, 3.05) is 0 Å². The summed E-state index contributed by atoms with van der Waals surface area (Å²) in [7, 11) is 4.51. The topological polar surface area (TPSA) is 0 Å². The second kappa shape index (κ2) is 11.8. The van der Waals surface area contributed by atoms with Crippen molar-refractivity contribution in [3.05, 3.63) is 33.3 Å². The summed E-state index contributed by atoms with van der Waals surface area (Å²) in [6.45, 7) is 0. The molecule has 1 aromatic carbocycles. The predicted octanol–water partition coefficient (Wildman–Crippen LogP) is -2.14. The molecule has 0 aliphatic heterocycles. The fourth-order valence-corrected chi connectivity index (χ4v) is 1.39. The van der Waals surface area contributed by atoms with Crippen LogP contribution in [0, 0.1) is 0 Å². The molecule has 0 amide bonds. The van der Waals surface area contributed by atoms with Crippen LogP contribution < -0.4 is 56.1 Å². The number of hydrogen-bond acceptors (Lipinski definition) is 0. The van der Waals surface area contributed by atoms with E-state index in [1.807, 2.05) is 0 Å². The van der Waals surface area contributed by atoms with Crippen molar-refractivity contribution in [1.29, 1.82) is 0 Å². The van der Waals surface area contributed by atoms with E-state index in [0.717, 1.165) is 0 Å². The Morgan fingerprint density at radius 2 is 1.23 bits per heavy atom. The van der Waals surface area contributed by atoms with E-state index < -0.39 is 0 Å². The van der Waals surface area contributed by atoms with Crippen LogP contribution in [0.15, 0.2) is 18.2 Å². The van der Waals surface area contributed by atoms with E-state index in [-0.39, 0.29) is 62.9 Å². The van der Waals surface area contributed by atoms with Crippen molar-refractivity contribution in [3.8, 4) is 0 Å². The minimum atomic E-state index is 0. The first-order valence-electron chi connectivity index (χ1n) is 3.41. The molecule has 0 spiro atoms. The maximum Gasteiger partial charge on any atom is 1.00 e. The van der Waals surface area contributed by atoms with Crippen LogP contribution >= 0.6 is 34.8 Å². The van der Waals surface area contributed by atoms with Gasteiger partial charge in [0.1, 0.15) is 0 Å².